The number of fused-ring (bicyclic) bond motifs is 1. The van der Waals surface area contributed by atoms with Gasteiger partial charge < -0.3 is 15.7 Å². The molecule has 1 atom stereocenters. The Kier molecular flexibility index (Phi) is 5.89. The van der Waals surface area contributed by atoms with Gasteiger partial charge in [0.25, 0.3) is 0 Å². The second kappa shape index (κ2) is 8.90. The zero-order valence-corrected chi connectivity index (χ0v) is 16.7. The van der Waals surface area contributed by atoms with E-state index in [0.717, 1.165) is 27.5 Å². The van der Waals surface area contributed by atoms with Gasteiger partial charge in [0, 0.05) is 13.1 Å². The Bertz CT molecular complexity index is 1090. The maximum Gasteiger partial charge on any atom is 0.315 e. The molecule has 0 radical (unpaired) electrons. The molecule has 146 valence electrons. The quantitative estimate of drug-likeness (QED) is 0.420. The van der Waals surface area contributed by atoms with Crippen LogP contribution in [0.4, 0.5) is 4.79 Å². The van der Waals surface area contributed by atoms with Crippen molar-refractivity contribution in [3.05, 3.63) is 94.7 Å². The predicted molar refractivity (Wildman–Crippen MR) is 119 cm³/mol. The summed E-state index contributed by atoms with van der Waals surface area (Å²) < 4.78 is 0. The molecule has 5 heteroatoms. The predicted octanol–water partition coefficient (Wildman–Crippen LogP) is 5.10. The SMILES string of the molecule is O=C(NCc1cccc2ccccc12)NC[C@@H](O)c1ccc(-c2ccsc2)cc1. The van der Waals surface area contributed by atoms with Gasteiger partial charge in [0.2, 0.25) is 0 Å². The summed E-state index contributed by atoms with van der Waals surface area (Å²) in [4.78, 5) is 12.2. The van der Waals surface area contributed by atoms with Crippen LogP contribution >= 0.6 is 11.3 Å². The highest BCUT2D eigenvalue weighted by Crippen LogP contribution is 2.24. The van der Waals surface area contributed by atoms with Crippen molar-refractivity contribution in [1.29, 1.82) is 0 Å². The fourth-order valence-electron chi connectivity index (χ4n) is 3.32. The summed E-state index contributed by atoms with van der Waals surface area (Å²) in [5.41, 5.74) is 4.12. The molecule has 0 saturated carbocycles. The van der Waals surface area contributed by atoms with Gasteiger partial charge in [-0.25, -0.2) is 4.79 Å². The summed E-state index contributed by atoms with van der Waals surface area (Å²) in [5.74, 6) is 0. The molecule has 1 heterocycles. The number of hydrogen-bond donors (Lipinski definition) is 3. The van der Waals surface area contributed by atoms with Crippen LogP contribution in [0.1, 0.15) is 17.2 Å². The fourth-order valence-corrected chi connectivity index (χ4v) is 3.98. The van der Waals surface area contributed by atoms with E-state index in [2.05, 4.69) is 34.2 Å². The number of thiophene rings is 1. The van der Waals surface area contributed by atoms with E-state index in [9.17, 15) is 9.90 Å². The summed E-state index contributed by atoms with van der Waals surface area (Å²) in [5, 5.41) is 22.4. The van der Waals surface area contributed by atoms with Crippen molar-refractivity contribution in [1.82, 2.24) is 10.6 Å². The molecule has 29 heavy (non-hydrogen) atoms. The van der Waals surface area contributed by atoms with Gasteiger partial charge in [-0.05, 0) is 49.9 Å². The Labute approximate surface area is 173 Å². The smallest absolute Gasteiger partial charge is 0.315 e. The van der Waals surface area contributed by atoms with E-state index < -0.39 is 6.10 Å². The molecule has 4 nitrogen and oxygen atoms in total. The Balaban J connectivity index is 1.30. The molecule has 0 aliphatic rings. The van der Waals surface area contributed by atoms with E-state index in [1.54, 1.807) is 11.3 Å². The second-order valence-corrected chi connectivity index (χ2v) is 7.63. The number of rotatable bonds is 6. The van der Waals surface area contributed by atoms with Crippen LogP contribution in [-0.2, 0) is 6.54 Å². The van der Waals surface area contributed by atoms with Crippen molar-refractivity contribution >= 4 is 28.1 Å². The van der Waals surface area contributed by atoms with Crippen LogP contribution in [0.5, 0.6) is 0 Å². The zero-order valence-electron chi connectivity index (χ0n) is 15.8. The van der Waals surface area contributed by atoms with Crippen LogP contribution in [-0.4, -0.2) is 17.7 Å². The Hall–Kier alpha value is -3.15. The van der Waals surface area contributed by atoms with Crippen LogP contribution in [0, 0.1) is 0 Å². The first-order valence-electron chi connectivity index (χ1n) is 9.49. The lowest BCUT2D eigenvalue weighted by molar-refractivity contribution is 0.173. The van der Waals surface area contributed by atoms with Crippen LogP contribution in [0.2, 0.25) is 0 Å². The largest absolute Gasteiger partial charge is 0.387 e. The van der Waals surface area contributed by atoms with E-state index in [-0.39, 0.29) is 12.6 Å². The maximum atomic E-state index is 12.2. The van der Waals surface area contributed by atoms with E-state index in [4.69, 9.17) is 0 Å². The number of nitrogens with one attached hydrogen (secondary N) is 2. The lowest BCUT2D eigenvalue weighted by atomic mass is 10.0. The molecule has 4 rings (SSSR count). The molecule has 0 saturated heterocycles. The molecule has 0 fully saturated rings. The monoisotopic (exact) mass is 402 g/mol. The lowest BCUT2D eigenvalue weighted by Crippen LogP contribution is -2.37. The van der Waals surface area contributed by atoms with E-state index in [1.165, 1.54) is 5.56 Å². The van der Waals surface area contributed by atoms with Gasteiger partial charge in [0.1, 0.15) is 0 Å². The molecule has 3 N–H and O–H groups in total. The number of carbonyl (C=O) groups is 1. The average molecular weight is 403 g/mol. The van der Waals surface area contributed by atoms with Crippen molar-refractivity contribution < 1.29 is 9.90 Å². The number of hydrogen-bond acceptors (Lipinski definition) is 3. The third-order valence-electron chi connectivity index (χ3n) is 4.93. The molecule has 0 aliphatic heterocycles. The number of benzene rings is 3. The minimum atomic E-state index is -0.755. The minimum Gasteiger partial charge on any atom is -0.387 e. The number of aliphatic hydroxyl groups is 1. The van der Waals surface area contributed by atoms with E-state index in [0.29, 0.717) is 6.54 Å². The molecule has 4 aromatic rings. The van der Waals surface area contributed by atoms with Gasteiger partial charge in [-0.2, -0.15) is 11.3 Å². The summed E-state index contributed by atoms with van der Waals surface area (Å²) >= 11 is 1.66. The fraction of sp³-hybridized carbons (Fsp3) is 0.125. The van der Waals surface area contributed by atoms with Crippen LogP contribution in [0.15, 0.2) is 83.6 Å². The van der Waals surface area contributed by atoms with Gasteiger partial charge >= 0.3 is 6.03 Å². The summed E-state index contributed by atoms with van der Waals surface area (Å²) in [6, 6.07) is 23.7. The number of carbonyl (C=O) groups excluding carboxylic acids is 1. The number of amides is 2. The van der Waals surface area contributed by atoms with E-state index >= 15 is 0 Å². The first-order chi connectivity index (χ1) is 14.2. The molecule has 2 amide bonds. The van der Waals surface area contributed by atoms with Gasteiger partial charge in [0.15, 0.2) is 0 Å². The third kappa shape index (κ3) is 4.65. The van der Waals surface area contributed by atoms with Gasteiger partial charge in [-0.3, -0.25) is 0 Å². The summed E-state index contributed by atoms with van der Waals surface area (Å²) in [7, 11) is 0. The standard InChI is InChI=1S/C24H22N2O2S/c27-23(19-10-8-17(9-11-19)21-12-13-29-16-21)15-26-24(28)25-14-20-6-3-5-18-4-1-2-7-22(18)20/h1-13,16,23,27H,14-15H2,(H2,25,26,28)/t23-/m1/s1. The van der Waals surface area contributed by atoms with Gasteiger partial charge in [0.05, 0.1) is 6.10 Å². The molecule has 0 aliphatic carbocycles. The highest BCUT2D eigenvalue weighted by Gasteiger charge is 2.10. The molecule has 3 aromatic carbocycles. The summed E-state index contributed by atoms with van der Waals surface area (Å²) in [6.45, 7) is 0.581. The van der Waals surface area contributed by atoms with Crippen LogP contribution < -0.4 is 10.6 Å². The van der Waals surface area contributed by atoms with Gasteiger partial charge in [-0.15, -0.1) is 0 Å². The maximum absolute atomic E-state index is 12.2. The molecular weight excluding hydrogens is 380 g/mol. The molecule has 0 unspecified atom stereocenters. The van der Waals surface area contributed by atoms with Crippen molar-refractivity contribution in [3.63, 3.8) is 0 Å². The zero-order chi connectivity index (χ0) is 20.1. The molecular formula is C24H22N2O2S. The van der Waals surface area contributed by atoms with Crippen molar-refractivity contribution in [3.8, 4) is 11.1 Å². The Morgan fingerprint density at radius 3 is 2.48 bits per heavy atom. The van der Waals surface area contributed by atoms with Crippen LogP contribution in [0.3, 0.4) is 0 Å². The third-order valence-corrected chi connectivity index (χ3v) is 5.61. The molecule has 1 aromatic heterocycles. The first-order valence-corrected chi connectivity index (χ1v) is 10.4. The molecule has 0 bridgehead atoms. The highest BCUT2D eigenvalue weighted by atomic mass is 32.1. The highest BCUT2D eigenvalue weighted by molar-refractivity contribution is 7.08. The normalized spacial score (nSPS) is 11.9. The van der Waals surface area contributed by atoms with Crippen molar-refractivity contribution in [2.75, 3.05) is 6.54 Å². The lowest BCUT2D eigenvalue weighted by Gasteiger charge is -2.14. The van der Waals surface area contributed by atoms with Crippen molar-refractivity contribution in [2.45, 2.75) is 12.6 Å². The minimum absolute atomic E-state index is 0.152. The number of aliphatic hydroxyl groups excluding tert-OH is 1. The topological polar surface area (TPSA) is 61.4 Å². The van der Waals surface area contributed by atoms with Crippen molar-refractivity contribution in [2.24, 2.45) is 0 Å². The van der Waals surface area contributed by atoms with Gasteiger partial charge in [-0.1, -0.05) is 66.7 Å². The average Bonchev–Trinajstić information content (AvgIpc) is 3.31. The second-order valence-electron chi connectivity index (χ2n) is 6.85. The van der Waals surface area contributed by atoms with Crippen LogP contribution in [0.25, 0.3) is 21.9 Å². The Morgan fingerprint density at radius 2 is 1.69 bits per heavy atom. The summed E-state index contributed by atoms with van der Waals surface area (Å²) in [6.07, 6.45) is -0.755. The first kappa shape index (κ1) is 19.2. The molecule has 0 spiro atoms. The van der Waals surface area contributed by atoms with E-state index in [1.807, 2.05) is 60.0 Å². The Morgan fingerprint density at radius 1 is 0.897 bits per heavy atom. The number of urea groups is 1.